The van der Waals surface area contributed by atoms with Crippen molar-refractivity contribution in [1.29, 1.82) is 0 Å². The molecular weight excluding hydrogens is 426 g/mol. The maximum atomic E-state index is 13.0. The first kappa shape index (κ1) is 23.4. The summed E-state index contributed by atoms with van der Waals surface area (Å²) in [5.41, 5.74) is 7.33. The number of nitro groups is 1. The lowest BCUT2D eigenvalue weighted by Crippen LogP contribution is -2.39. The van der Waals surface area contributed by atoms with Crippen LogP contribution in [0.3, 0.4) is 0 Å². The highest BCUT2D eigenvalue weighted by Gasteiger charge is 2.23. The van der Waals surface area contributed by atoms with Crippen LogP contribution in [0.1, 0.15) is 30.9 Å². The lowest BCUT2D eigenvalue weighted by atomic mass is 10.1. The molecule has 0 fully saturated rings. The molecule has 0 heterocycles. The van der Waals surface area contributed by atoms with Crippen LogP contribution in [0.15, 0.2) is 41.3 Å². The summed E-state index contributed by atoms with van der Waals surface area (Å²) in [6.07, 6.45) is 1.93. The van der Waals surface area contributed by atoms with Crippen molar-refractivity contribution in [3.05, 3.63) is 57.6 Å². The monoisotopic (exact) mass is 451 g/mol. The number of nitrogens with one attached hydrogen (secondary N) is 4. The molecule has 2 aromatic rings. The van der Waals surface area contributed by atoms with Crippen molar-refractivity contribution in [1.82, 2.24) is 10.7 Å². The third-order valence-corrected chi connectivity index (χ3v) is 5.87. The Kier molecular flexibility index (Phi) is 7.95. The van der Waals surface area contributed by atoms with Crippen LogP contribution in [0.5, 0.6) is 0 Å². The van der Waals surface area contributed by atoms with Crippen molar-refractivity contribution in [3.8, 4) is 0 Å². The van der Waals surface area contributed by atoms with Gasteiger partial charge in [-0.05, 0) is 50.2 Å². The van der Waals surface area contributed by atoms with Crippen molar-refractivity contribution in [2.45, 2.75) is 38.5 Å². The van der Waals surface area contributed by atoms with Crippen LogP contribution in [-0.2, 0) is 10.0 Å². The van der Waals surface area contributed by atoms with Crippen LogP contribution >= 0.6 is 12.2 Å². The summed E-state index contributed by atoms with van der Waals surface area (Å²) in [7, 11) is -4.12. The first-order valence-electron chi connectivity index (χ1n) is 9.32. The van der Waals surface area contributed by atoms with E-state index < -0.39 is 14.9 Å². The van der Waals surface area contributed by atoms with Gasteiger partial charge in [-0.2, -0.15) is 0 Å². The summed E-state index contributed by atoms with van der Waals surface area (Å²) in [6, 6.07) is 8.80. The number of nitro benzene ring substituents is 1. The SMILES string of the molecule is CCCCNC(=S)NNc1ccc([N+](=O)[O-])cc1S(=O)(=O)Nc1ccc(C)cc1C. The zero-order chi connectivity index (χ0) is 22.3. The van der Waals surface area contributed by atoms with E-state index in [2.05, 4.69) is 20.9 Å². The summed E-state index contributed by atoms with van der Waals surface area (Å²) in [5.74, 6) is 0. The normalized spacial score (nSPS) is 10.9. The molecule has 30 heavy (non-hydrogen) atoms. The van der Waals surface area contributed by atoms with Gasteiger partial charge in [-0.25, -0.2) is 8.42 Å². The summed E-state index contributed by atoms with van der Waals surface area (Å²) in [6.45, 7) is 6.40. The van der Waals surface area contributed by atoms with Crippen molar-refractivity contribution in [3.63, 3.8) is 0 Å². The van der Waals surface area contributed by atoms with Crippen molar-refractivity contribution < 1.29 is 13.3 Å². The topological polar surface area (TPSA) is 125 Å². The van der Waals surface area contributed by atoms with Crippen LogP contribution in [0, 0.1) is 24.0 Å². The van der Waals surface area contributed by atoms with Crippen molar-refractivity contribution >= 4 is 44.4 Å². The number of sulfonamides is 1. The number of nitrogens with zero attached hydrogens (tertiary/aromatic N) is 1. The minimum Gasteiger partial charge on any atom is -0.361 e. The molecule has 0 saturated carbocycles. The van der Waals surface area contributed by atoms with Crippen LogP contribution in [0.25, 0.3) is 0 Å². The number of non-ortho nitro benzene ring substituents is 1. The van der Waals surface area contributed by atoms with Gasteiger partial charge in [-0.15, -0.1) is 0 Å². The molecule has 11 heteroatoms. The van der Waals surface area contributed by atoms with Gasteiger partial charge in [0.15, 0.2) is 5.11 Å². The van der Waals surface area contributed by atoms with E-state index in [-0.39, 0.29) is 21.4 Å². The van der Waals surface area contributed by atoms with E-state index in [1.54, 1.807) is 19.1 Å². The van der Waals surface area contributed by atoms with Crippen molar-refractivity contribution in [2.24, 2.45) is 0 Å². The van der Waals surface area contributed by atoms with Gasteiger partial charge in [0, 0.05) is 18.7 Å². The van der Waals surface area contributed by atoms with Gasteiger partial charge < -0.3 is 5.32 Å². The molecule has 0 amide bonds. The molecule has 2 rings (SSSR count). The molecule has 0 spiro atoms. The van der Waals surface area contributed by atoms with Crippen LogP contribution in [0.2, 0.25) is 0 Å². The molecule has 0 unspecified atom stereocenters. The Balaban J connectivity index is 2.31. The fourth-order valence-corrected chi connectivity index (χ4v) is 4.09. The fourth-order valence-electron chi connectivity index (χ4n) is 2.63. The number of aryl methyl sites for hydroxylation is 2. The summed E-state index contributed by atoms with van der Waals surface area (Å²) >= 11 is 5.15. The summed E-state index contributed by atoms with van der Waals surface area (Å²) in [5, 5.41) is 14.4. The Hall–Kier alpha value is -2.92. The van der Waals surface area contributed by atoms with Crippen LogP contribution in [0.4, 0.5) is 17.1 Å². The van der Waals surface area contributed by atoms with E-state index in [0.29, 0.717) is 12.2 Å². The van der Waals surface area contributed by atoms with E-state index in [0.717, 1.165) is 30.0 Å². The molecule has 0 atom stereocenters. The molecule has 0 saturated heterocycles. The second-order valence-corrected chi connectivity index (χ2v) is 8.78. The van der Waals surface area contributed by atoms with Gasteiger partial charge in [-0.1, -0.05) is 31.0 Å². The number of rotatable bonds is 9. The Morgan fingerprint density at radius 3 is 2.47 bits per heavy atom. The number of benzene rings is 2. The highest BCUT2D eigenvalue weighted by molar-refractivity contribution is 7.93. The van der Waals surface area contributed by atoms with Gasteiger partial charge in [-0.3, -0.25) is 25.7 Å². The number of hydrogen-bond donors (Lipinski definition) is 4. The molecule has 4 N–H and O–H groups in total. The molecule has 0 radical (unpaired) electrons. The molecule has 0 aliphatic carbocycles. The van der Waals surface area contributed by atoms with E-state index >= 15 is 0 Å². The maximum Gasteiger partial charge on any atom is 0.270 e. The van der Waals surface area contributed by atoms with Gasteiger partial charge in [0.2, 0.25) is 0 Å². The van der Waals surface area contributed by atoms with E-state index in [1.807, 2.05) is 19.9 Å². The number of hydrogen-bond acceptors (Lipinski definition) is 6. The number of hydrazine groups is 1. The predicted octanol–water partition coefficient (Wildman–Crippen LogP) is 3.60. The minimum absolute atomic E-state index is 0.123. The number of anilines is 2. The van der Waals surface area contributed by atoms with Crippen LogP contribution in [-0.4, -0.2) is 25.0 Å². The lowest BCUT2D eigenvalue weighted by molar-refractivity contribution is -0.385. The lowest BCUT2D eigenvalue weighted by Gasteiger charge is -2.17. The highest BCUT2D eigenvalue weighted by Crippen LogP contribution is 2.29. The molecule has 0 aliphatic rings. The van der Waals surface area contributed by atoms with Crippen LogP contribution < -0.4 is 20.9 Å². The second kappa shape index (κ2) is 10.2. The average Bonchev–Trinajstić information content (AvgIpc) is 2.68. The highest BCUT2D eigenvalue weighted by atomic mass is 32.2. The van der Waals surface area contributed by atoms with Crippen molar-refractivity contribution in [2.75, 3.05) is 16.7 Å². The smallest absolute Gasteiger partial charge is 0.270 e. The minimum atomic E-state index is -4.12. The maximum absolute atomic E-state index is 13.0. The molecule has 0 aromatic heterocycles. The average molecular weight is 452 g/mol. The number of unbranched alkanes of at least 4 members (excludes halogenated alkanes) is 1. The molecule has 9 nitrogen and oxygen atoms in total. The first-order chi connectivity index (χ1) is 14.1. The quantitative estimate of drug-likeness (QED) is 0.197. The summed E-state index contributed by atoms with van der Waals surface area (Å²) < 4.78 is 28.6. The standard InChI is InChI=1S/C19H25N5O4S2/c1-4-5-10-20-19(29)22-21-17-9-7-15(24(25)26)12-18(17)30(27,28)23-16-8-6-13(2)11-14(16)3/h6-9,11-12,21,23H,4-5,10H2,1-3H3,(H2,20,22,29). The van der Waals surface area contributed by atoms with E-state index in [4.69, 9.17) is 12.2 Å². The van der Waals surface area contributed by atoms with E-state index in [1.165, 1.54) is 12.1 Å². The van der Waals surface area contributed by atoms with Gasteiger partial charge in [0.25, 0.3) is 15.7 Å². The number of thiocarbonyl (C=S) groups is 1. The molecule has 0 aliphatic heterocycles. The van der Waals surface area contributed by atoms with Gasteiger partial charge >= 0.3 is 0 Å². The predicted molar refractivity (Wildman–Crippen MR) is 122 cm³/mol. The Bertz CT molecular complexity index is 1040. The van der Waals surface area contributed by atoms with Gasteiger partial charge in [0.1, 0.15) is 4.90 Å². The third kappa shape index (κ3) is 6.29. The van der Waals surface area contributed by atoms with Gasteiger partial charge in [0.05, 0.1) is 16.3 Å². The fraction of sp³-hybridized carbons (Fsp3) is 0.316. The third-order valence-electron chi connectivity index (χ3n) is 4.22. The largest absolute Gasteiger partial charge is 0.361 e. The molecule has 162 valence electrons. The Morgan fingerprint density at radius 1 is 1.13 bits per heavy atom. The first-order valence-corrected chi connectivity index (χ1v) is 11.2. The summed E-state index contributed by atoms with van der Waals surface area (Å²) in [4.78, 5) is 10.3. The Labute approximate surface area is 181 Å². The zero-order valence-electron chi connectivity index (χ0n) is 17.0. The zero-order valence-corrected chi connectivity index (χ0v) is 18.6. The molecular formula is C19H25N5O4S2. The van der Waals surface area contributed by atoms with E-state index in [9.17, 15) is 18.5 Å². The molecule has 2 aromatic carbocycles. The molecule has 0 bridgehead atoms. The second-order valence-electron chi connectivity index (χ2n) is 6.72. The Morgan fingerprint density at radius 2 is 1.83 bits per heavy atom.